The summed E-state index contributed by atoms with van der Waals surface area (Å²) in [6.45, 7) is 0.889. The zero-order valence-corrected chi connectivity index (χ0v) is 15.6. The van der Waals surface area contributed by atoms with Crippen LogP contribution in [0, 0.1) is 0 Å². The van der Waals surface area contributed by atoms with Crippen molar-refractivity contribution in [3.05, 3.63) is 101 Å². The quantitative estimate of drug-likeness (QED) is 0.696. The van der Waals surface area contributed by atoms with Gasteiger partial charge in [0, 0.05) is 24.1 Å². The average Bonchev–Trinajstić information content (AvgIpc) is 3.17. The van der Waals surface area contributed by atoms with Crippen LogP contribution in [0.5, 0.6) is 5.75 Å². The van der Waals surface area contributed by atoms with E-state index in [2.05, 4.69) is 10.3 Å². The number of rotatable bonds is 6. The first kappa shape index (κ1) is 18.0. The van der Waals surface area contributed by atoms with Crippen LogP contribution >= 0.6 is 0 Å². The van der Waals surface area contributed by atoms with E-state index in [4.69, 9.17) is 0 Å². The predicted octanol–water partition coefficient (Wildman–Crippen LogP) is 3.64. The van der Waals surface area contributed by atoms with Crippen LogP contribution in [0.1, 0.15) is 27.8 Å². The molecule has 140 valence electrons. The van der Waals surface area contributed by atoms with Gasteiger partial charge in [0.25, 0.3) is 5.91 Å². The summed E-state index contributed by atoms with van der Waals surface area (Å²) in [7, 11) is 0. The highest BCUT2D eigenvalue weighted by Crippen LogP contribution is 2.32. The Bertz CT molecular complexity index is 1010. The Hall–Kier alpha value is -3.40. The normalized spacial score (nSPS) is 12.4. The molecule has 0 aromatic heterocycles. The molecular weight excluding hydrogens is 348 g/mol. The number of nitrogens with one attached hydrogen (secondary N) is 1. The van der Waals surface area contributed by atoms with E-state index in [0.29, 0.717) is 25.2 Å². The zero-order chi connectivity index (χ0) is 19.3. The molecule has 0 saturated carbocycles. The highest BCUT2D eigenvalue weighted by atomic mass is 16.3. The molecular formula is C24H22N2O2. The van der Waals surface area contributed by atoms with Crippen molar-refractivity contribution in [3.63, 3.8) is 0 Å². The van der Waals surface area contributed by atoms with Gasteiger partial charge in [0.2, 0.25) is 0 Å². The first-order valence-corrected chi connectivity index (χ1v) is 9.47. The molecule has 2 N–H and O–H groups in total. The maximum absolute atomic E-state index is 12.6. The maximum atomic E-state index is 12.6. The summed E-state index contributed by atoms with van der Waals surface area (Å²) in [6, 6.07) is 23.9. The van der Waals surface area contributed by atoms with E-state index in [-0.39, 0.29) is 11.7 Å². The van der Waals surface area contributed by atoms with Crippen LogP contribution in [0.4, 0.5) is 0 Å². The van der Waals surface area contributed by atoms with Crippen molar-refractivity contribution in [3.8, 4) is 5.75 Å². The Balaban J connectivity index is 1.43. The third kappa shape index (κ3) is 3.81. The van der Waals surface area contributed by atoms with Crippen LogP contribution in [0.3, 0.4) is 0 Å². The van der Waals surface area contributed by atoms with Crippen LogP contribution in [0.25, 0.3) is 0 Å². The number of phenolic OH excluding ortho intramolecular Hbond substituents is 1. The molecule has 0 radical (unpaired) electrons. The van der Waals surface area contributed by atoms with Gasteiger partial charge in [0.05, 0.1) is 6.54 Å². The van der Waals surface area contributed by atoms with Crippen LogP contribution < -0.4 is 5.32 Å². The van der Waals surface area contributed by atoms with Crippen LogP contribution in [-0.2, 0) is 24.2 Å². The van der Waals surface area contributed by atoms with Crippen molar-refractivity contribution >= 4 is 11.6 Å². The second-order valence-corrected chi connectivity index (χ2v) is 6.92. The maximum Gasteiger partial charge on any atom is 0.270 e. The summed E-state index contributed by atoms with van der Waals surface area (Å²) >= 11 is 0. The molecule has 4 rings (SSSR count). The summed E-state index contributed by atoms with van der Waals surface area (Å²) in [6.07, 6.45) is 1.42. The SMILES string of the molecule is O=C(NCCc1ccccc1)C1=NCc2c1ccc(Cc1ccccc1)c2O. The van der Waals surface area contributed by atoms with Gasteiger partial charge in [-0.05, 0) is 23.1 Å². The van der Waals surface area contributed by atoms with Crippen molar-refractivity contribution < 1.29 is 9.90 Å². The summed E-state index contributed by atoms with van der Waals surface area (Å²) < 4.78 is 0. The van der Waals surface area contributed by atoms with E-state index in [0.717, 1.165) is 28.7 Å². The van der Waals surface area contributed by atoms with Crippen molar-refractivity contribution in [1.82, 2.24) is 5.32 Å². The molecule has 4 heteroatoms. The third-order valence-corrected chi connectivity index (χ3v) is 5.01. The van der Waals surface area contributed by atoms with Crippen LogP contribution in [-0.4, -0.2) is 23.3 Å². The zero-order valence-electron chi connectivity index (χ0n) is 15.6. The highest BCUT2D eigenvalue weighted by molar-refractivity contribution is 6.46. The lowest BCUT2D eigenvalue weighted by Gasteiger charge is -2.11. The van der Waals surface area contributed by atoms with Gasteiger partial charge in [-0.1, -0.05) is 72.8 Å². The lowest BCUT2D eigenvalue weighted by molar-refractivity contribution is -0.114. The summed E-state index contributed by atoms with van der Waals surface area (Å²) in [5.74, 6) is 0.0575. The van der Waals surface area contributed by atoms with Gasteiger partial charge in [-0.25, -0.2) is 0 Å². The first-order valence-electron chi connectivity index (χ1n) is 9.47. The topological polar surface area (TPSA) is 61.7 Å². The van der Waals surface area contributed by atoms with E-state index in [1.165, 1.54) is 5.56 Å². The van der Waals surface area contributed by atoms with Crippen LogP contribution in [0.15, 0.2) is 77.8 Å². The lowest BCUT2D eigenvalue weighted by atomic mass is 9.97. The first-order chi connectivity index (χ1) is 13.7. The fourth-order valence-electron chi connectivity index (χ4n) is 3.51. The Kier molecular flexibility index (Phi) is 5.20. The number of aromatic hydroxyl groups is 1. The molecule has 0 fully saturated rings. The van der Waals surface area contributed by atoms with Crippen molar-refractivity contribution in [1.29, 1.82) is 0 Å². The molecule has 28 heavy (non-hydrogen) atoms. The van der Waals surface area contributed by atoms with Crippen molar-refractivity contribution in [2.75, 3.05) is 6.54 Å². The van der Waals surface area contributed by atoms with E-state index >= 15 is 0 Å². The molecule has 1 aliphatic rings. The number of phenols is 1. The number of benzene rings is 3. The van der Waals surface area contributed by atoms with Gasteiger partial charge in [0.1, 0.15) is 11.5 Å². The number of fused-ring (bicyclic) bond motifs is 1. The van der Waals surface area contributed by atoms with Gasteiger partial charge >= 0.3 is 0 Å². The molecule has 4 nitrogen and oxygen atoms in total. The molecule has 0 bridgehead atoms. The van der Waals surface area contributed by atoms with Crippen molar-refractivity contribution in [2.24, 2.45) is 4.99 Å². The van der Waals surface area contributed by atoms with Gasteiger partial charge in [-0.15, -0.1) is 0 Å². The number of carbonyl (C=O) groups is 1. The van der Waals surface area contributed by atoms with Gasteiger partial charge in [-0.3, -0.25) is 9.79 Å². The molecule has 0 unspecified atom stereocenters. The molecule has 1 aliphatic heterocycles. The van der Waals surface area contributed by atoms with E-state index in [1.54, 1.807) is 0 Å². The Morgan fingerprint density at radius 3 is 2.32 bits per heavy atom. The van der Waals surface area contributed by atoms with Crippen molar-refractivity contribution in [2.45, 2.75) is 19.4 Å². The number of amides is 1. The number of aliphatic imine (C=N–C) groups is 1. The summed E-state index contributed by atoms with van der Waals surface area (Å²) in [4.78, 5) is 16.9. The standard InChI is InChI=1S/C24H22N2O2/c27-23-19(15-18-9-5-2-6-10-18)11-12-20-21(23)16-26-22(20)24(28)25-14-13-17-7-3-1-4-8-17/h1-12,27H,13-16H2,(H,25,28). The predicted molar refractivity (Wildman–Crippen MR) is 111 cm³/mol. The molecule has 3 aromatic rings. The molecule has 1 amide bonds. The molecule has 0 spiro atoms. The molecule has 0 atom stereocenters. The molecule has 0 aliphatic carbocycles. The van der Waals surface area contributed by atoms with Gasteiger partial charge in [0.15, 0.2) is 0 Å². The minimum absolute atomic E-state index is 0.190. The van der Waals surface area contributed by atoms with E-state index in [9.17, 15) is 9.90 Å². The minimum atomic E-state index is -0.190. The molecule has 3 aromatic carbocycles. The highest BCUT2D eigenvalue weighted by Gasteiger charge is 2.25. The summed E-state index contributed by atoms with van der Waals surface area (Å²) in [5.41, 5.74) is 5.04. The number of carbonyl (C=O) groups excluding carboxylic acids is 1. The summed E-state index contributed by atoms with van der Waals surface area (Å²) in [5, 5.41) is 13.6. The van der Waals surface area contributed by atoms with Crippen LogP contribution in [0.2, 0.25) is 0 Å². The molecule has 1 heterocycles. The Labute approximate surface area is 164 Å². The number of hydrogen-bond donors (Lipinski definition) is 2. The fourth-order valence-corrected chi connectivity index (χ4v) is 3.51. The molecule has 0 saturated heterocycles. The average molecular weight is 370 g/mol. The Morgan fingerprint density at radius 2 is 1.61 bits per heavy atom. The van der Waals surface area contributed by atoms with E-state index in [1.807, 2.05) is 72.8 Å². The third-order valence-electron chi connectivity index (χ3n) is 5.01. The minimum Gasteiger partial charge on any atom is -0.507 e. The largest absolute Gasteiger partial charge is 0.507 e. The smallest absolute Gasteiger partial charge is 0.270 e. The number of hydrogen-bond acceptors (Lipinski definition) is 3. The van der Waals surface area contributed by atoms with Gasteiger partial charge in [-0.2, -0.15) is 0 Å². The Morgan fingerprint density at radius 1 is 0.929 bits per heavy atom. The fraction of sp³-hybridized carbons (Fsp3) is 0.167. The number of nitrogens with zero attached hydrogens (tertiary/aromatic N) is 1. The lowest BCUT2D eigenvalue weighted by Crippen LogP contribution is -2.32. The second kappa shape index (κ2) is 8.09. The van der Waals surface area contributed by atoms with Gasteiger partial charge < -0.3 is 10.4 Å². The second-order valence-electron chi connectivity index (χ2n) is 6.92. The monoisotopic (exact) mass is 370 g/mol. The van der Waals surface area contributed by atoms with E-state index < -0.39 is 0 Å².